The Morgan fingerprint density at radius 1 is 1.77 bits per heavy atom. The highest BCUT2D eigenvalue weighted by Crippen LogP contribution is 2.16. The maximum atomic E-state index is 5.66. The minimum absolute atomic E-state index is 0.318. The zero-order valence-electron chi connectivity index (χ0n) is 7.78. The number of nitrogens with two attached hydrogens (primary N) is 1. The summed E-state index contributed by atoms with van der Waals surface area (Å²) < 4.78 is 2.46. The number of rotatable bonds is 4. The number of hydrogen-bond acceptors (Lipinski definition) is 4. The molecule has 0 amide bonds. The maximum absolute atomic E-state index is 5.66. The Labute approximate surface area is 86.9 Å². The first-order chi connectivity index (χ1) is 6.16. The molecule has 1 rings (SSSR count). The van der Waals surface area contributed by atoms with Gasteiger partial charge < -0.3 is 5.73 Å². The molecule has 6 heteroatoms. The topological polar surface area (TPSA) is 59.6 Å². The van der Waals surface area contributed by atoms with Crippen LogP contribution in [0.3, 0.4) is 0 Å². The van der Waals surface area contributed by atoms with Gasteiger partial charge in [0.05, 0.1) is 0 Å². The number of anilines is 1. The van der Waals surface area contributed by atoms with Crippen molar-refractivity contribution >= 4 is 29.9 Å². The SMILES string of the molecule is CSCCC(C)n1c(N)n[nH]c1=S. The number of aromatic amines is 1. The van der Waals surface area contributed by atoms with Gasteiger partial charge in [-0.2, -0.15) is 11.8 Å². The van der Waals surface area contributed by atoms with Crippen LogP contribution < -0.4 is 5.73 Å². The van der Waals surface area contributed by atoms with Crippen LogP contribution in [0.4, 0.5) is 5.95 Å². The lowest BCUT2D eigenvalue weighted by atomic mass is 10.2. The van der Waals surface area contributed by atoms with E-state index in [-0.39, 0.29) is 0 Å². The lowest BCUT2D eigenvalue weighted by Crippen LogP contribution is -2.09. The molecule has 1 heterocycles. The van der Waals surface area contributed by atoms with E-state index in [1.807, 2.05) is 16.3 Å². The molecule has 1 unspecified atom stereocenters. The molecule has 0 bridgehead atoms. The summed E-state index contributed by atoms with van der Waals surface area (Å²) in [5, 5.41) is 6.54. The van der Waals surface area contributed by atoms with Gasteiger partial charge in [0.25, 0.3) is 0 Å². The third-order valence-corrected chi connectivity index (χ3v) is 2.84. The van der Waals surface area contributed by atoms with Gasteiger partial charge in [-0.25, -0.2) is 5.10 Å². The van der Waals surface area contributed by atoms with Crippen molar-refractivity contribution in [2.45, 2.75) is 19.4 Å². The van der Waals surface area contributed by atoms with Gasteiger partial charge >= 0.3 is 0 Å². The van der Waals surface area contributed by atoms with E-state index in [1.54, 1.807) is 0 Å². The lowest BCUT2D eigenvalue weighted by molar-refractivity contribution is 0.534. The third-order valence-electron chi connectivity index (χ3n) is 1.91. The maximum Gasteiger partial charge on any atom is 0.220 e. The summed E-state index contributed by atoms with van der Waals surface area (Å²) in [5.41, 5.74) is 5.66. The first-order valence-corrected chi connectivity index (χ1v) is 5.88. The van der Waals surface area contributed by atoms with E-state index in [1.165, 1.54) is 0 Å². The minimum Gasteiger partial charge on any atom is -0.368 e. The summed E-state index contributed by atoms with van der Waals surface area (Å²) in [6.45, 7) is 2.10. The molecule has 0 aliphatic carbocycles. The quantitative estimate of drug-likeness (QED) is 0.757. The standard InChI is InChI=1S/C7H14N4S2/c1-5(3-4-13-2)11-6(8)9-10-7(11)12/h5H,3-4H2,1-2H3,(H2,8,9)(H,10,12). The average Bonchev–Trinajstić information content (AvgIpc) is 2.42. The van der Waals surface area contributed by atoms with Crippen LogP contribution in [0.1, 0.15) is 19.4 Å². The molecule has 1 aromatic rings. The highest BCUT2D eigenvalue weighted by Gasteiger charge is 2.09. The van der Waals surface area contributed by atoms with Crippen molar-refractivity contribution < 1.29 is 0 Å². The number of aromatic nitrogens is 3. The molecule has 0 aliphatic rings. The van der Waals surface area contributed by atoms with Crippen molar-refractivity contribution in [2.75, 3.05) is 17.7 Å². The van der Waals surface area contributed by atoms with Crippen LogP contribution in [0.5, 0.6) is 0 Å². The Kier molecular flexibility index (Phi) is 3.80. The molecule has 0 aromatic carbocycles. The van der Waals surface area contributed by atoms with Gasteiger partial charge in [-0.05, 0) is 37.6 Å². The minimum atomic E-state index is 0.318. The molecule has 74 valence electrons. The molecule has 4 nitrogen and oxygen atoms in total. The molecule has 1 atom stereocenters. The molecule has 0 aliphatic heterocycles. The number of nitrogens with one attached hydrogen (secondary N) is 1. The number of thioether (sulfide) groups is 1. The Balaban J connectivity index is 2.75. The summed E-state index contributed by atoms with van der Waals surface area (Å²) in [6, 6.07) is 0.318. The second-order valence-corrected chi connectivity index (χ2v) is 4.26. The monoisotopic (exact) mass is 218 g/mol. The van der Waals surface area contributed by atoms with Gasteiger partial charge in [0.1, 0.15) is 0 Å². The van der Waals surface area contributed by atoms with Crippen molar-refractivity contribution in [3.63, 3.8) is 0 Å². The smallest absolute Gasteiger partial charge is 0.220 e. The first kappa shape index (κ1) is 10.6. The molecular formula is C7H14N4S2. The number of nitrogen functional groups attached to an aromatic ring is 1. The summed E-state index contributed by atoms with van der Waals surface area (Å²) in [7, 11) is 0. The Hall–Kier alpha value is -0.490. The van der Waals surface area contributed by atoms with Gasteiger partial charge in [-0.3, -0.25) is 4.57 Å². The van der Waals surface area contributed by atoms with Crippen LogP contribution in [0, 0.1) is 4.77 Å². The van der Waals surface area contributed by atoms with Crippen molar-refractivity contribution in [3.8, 4) is 0 Å². The number of hydrogen-bond donors (Lipinski definition) is 2. The lowest BCUT2D eigenvalue weighted by Gasteiger charge is -2.12. The van der Waals surface area contributed by atoms with Crippen molar-refractivity contribution in [1.29, 1.82) is 0 Å². The highest BCUT2D eigenvalue weighted by molar-refractivity contribution is 7.98. The molecule has 0 fully saturated rings. The second-order valence-electron chi connectivity index (χ2n) is 2.89. The second kappa shape index (κ2) is 4.66. The van der Waals surface area contributed by atoms with Crippen LogP contribution in [0.2, 0.25) is 0 Å². The van der Waals surface area contributed by atoms with Gasteiger partial charge in [-0.1, -0.05) is 0 Å². The predicted molar refractivity (Wildman–Crippen MR) is 59.5 cm³/mol. The molecule has 0 saturated heterocycles. The van der Waals surface area contributed by atoms with E-state index in [4.69, 9.17) is 18.0 Å². The van der Waals surface area contributed by atoms with Crippen molar-refractivity contribution in [1.82, 2.24) is 14.8 Å². The Morgan fingerprint density at radius 2 is 2.46 bits per heavy atom. The molecule has 0 saturated carbocycles. The fraction of sp³-hybridized carbons (Fsp3) is 0.714. The first-order valence-electron chi connectivity index (χ1n) is 4.08. The highest BCUT2D eigenvalue weighted by atomic mass is 32.2. The summed E-state index contributed by atoms with van der Waals surface area (Å²) in [5.74, 6) is 1.58. The van der Waals surface area contributed by atoms with E-state index >= 15 is 0 Å². The van der Waals surface area contributed by atoms with Gasteiger partial charge in [0.15, 0.2) is 4.77 Å². The van der Waals surface area contributed by atoms with Gasteiger partial charge in [0.2, 0.25) is 5.95 Å². The van der Waals surface area contributed by atoms with E-state index in [9.17, 15) is 0 Å². The van der Waals surface area contributed by atoms with Crippen molar-refractivity contribution in [3.05, 3.63) is 4.77 Å². The normalized spacial score (nSPS) is 13.1. The molecule has 13 heavy (non-hydrogen) atoms. The van der Waals surface area contributed by atoms with E-state index in [0.717, 1.165) is 12.2 Å². The van der Waals surface area contributed by atoms with E-state index < -0.39 is 0 Å². The third kappa shape index (κ3) is 2.47. The molecule has 0 radical (unpaired) electrons. The molecule has 0 spiro atoms. The number of nitrogens with zero attached hydrogens (tertiary/aromatic N) is 2. The van der Waals surface area contributed by atoms with Crippen LogP contribution in [-0.4, -0.2) is 26.8 Å². The molecular weight excluding hydrogens is 204 g/mol. The average molecular weight is 218 g/mol. The van der Waals surface area contributed by atoms with E-state index in [0.29, 0.717) is 16.8 Å². The summed E-state index contributed by atoms with van der Waals surface area (Å²) >= 11 is 6.88. The molecule has 3 N–H and O–H groups in total. The Bertz CT molecular complexity index is 317. The fourth-order valence-corrected chi connectivity index (χ4v) is 2.06. The summed E-state index contributed by atoms with van der Waals surface area (Å²) in [4.78, 5) is 0. The molecule has 1 aromatic heterocycles. The van der Waals surface area contributed by atoms with E-state index in [2.05, 4.69) is 23.4 Å². The predicted octanol–water partition coefficient (Wildman–Crippen LogP) is 1.84. The fourth-order valence-electron chi connectivity index (χ4n) is 1.16. The summed E-state index contributed by atoms with van der Waals surface area (Å²) in [6.07, 6.45) is 3.14. The van der Waals surface area contributed by atoms with Gasteiger partial charge in [-0.15, -0.1) is 5.10 Å². The van der Waals surface area contributed by atoms with Crippen LogP contribution in [0.15, 0.2) is 0 Å². The zero-order chi connectivity index (χ0) is 9.84. The van der Waals surface area contributed by atoms with Crippen LogP contribution in [0.25, 0.3) is 0 Å². The van der Waals surface area contributed by atoms with Crippen molar-refractivity contribution in [2.24, 2.45) is 0 Å². The van der Waals surface area contributed by atoms with Crippen LogP contribution in [-0.2, 0) is 0 Å². The van der Waals surface area contributed by atoms with Crippen LogP contribution >= 0.6 is 24.0 Å². The number of H-pyrrole nitrogens is 1. The largest absolute Gasteiger partial charge is 0.368 e. The Morgan fingerprint density at radius 3 is 2.92 bits per heavy atom. The van der Waals surface area contributed by atoms with Gasteiger partial charge in [0, 0.05) is 6.04 Å². The zero-order valence-corrected chi connectivity index (χ0v) is 9.41.